The van der Waals surface area contributed by atoms with Crippen molar-refractivity contribution in [2.45, 2.75) is 0 Å². The number of carbonyl (C=O) groups excluding carboxylic acids is 1. The lowest BCUT2D eigenvalue weighted by Crippen LogP contribution is -1.96. The van der Waals surface area contributed by atoms with Gasteiger partial charge < -0.3 is 4.42 Å². The number of Topliss-reactive ketones (excluding diaryl/α,β-unsaturated/α-hetero) is 1. The molecule has 0 bridgehead atoms. The summed E-state index contributed by atoms with van der Waals surface area (Å²) in [5, 5.41) is 1.86. The molecule has 0 radical (unpaired) electrons. The number of ketones is 1. The van der Waals surface area contributed by atoms with Gasteiger partial charge in [0.1, 0.15) is 5.58 Å². The number of hydrogen-bond acceptors (Lipinski definition) is 2. The van der Waals surface area contributed by atoms with Gasteiger partial charge in [-0.1, -0.05) is 39.1 Å². The molecule has 1 aromatic carbocycles. The Morgan fingerprint density at radius 3 is 2.60 bits per heavy atom. The molecule has 0 spiro atoms. The van der Waals surface area contributed by atoms with Crippen LogP contribution in [-0.2, 0) is 0 Å². The summed E-state index contributed by atoms with van der Waals surface area (Å²) in [5.41, 5.74) is 0.564. The molecule has 78 valence electrons. The molecule has 15 heavy (non-hydrogen) atoms. The van der Waals surface area contributed by atoms with Crippen LogP contribution in [0.2, 0.25) is 10.0 Å². The van der Waals surface area contributed by atoms with Gasteiger partial charge in [-0.25, -0.2) is 0 Å². The van der Waals surface area contributed by atoms with Crippen LogP contribution in [-0.4, -0.2) is 11.1 Å². The third kappa shape index (κ3) is 2.05. The molecule has 0 unspecified atom stereocenters. The molecular formula is C10H5BrCl2O2. The predicted octanol–water partition coefficient (Wildman–Crippen LogP) is 4.32. The molecule has 5 heteroatoms. The zero-order chi connectivity index (χ0) is 11.0. The Labute approximate surface area is 104 Å². The topological polar surface area (TPSA) is 30.2 Å². The highest BCUT2D eigenvalue weighted by Crippen LogP contribution is 2.30. The Balaban J connectivity index is 2.61. The first-order chi connectivity index (χ1) is 7.11. The van der Waals surface area contributed by atoms with E-state index in [-0.39, 0.29) is 11.1 Å². The Morgan fingerprint density at radius 2 is 1.93 bits per heavy atom. The van der Waals surface area contributed by atoms with Crippen molar-refractivity contribution >= 4 is 55.9 Å². The minimum absolute atomic E-state index is 0.113. The maximum absolute atomic E-state index is 11.3. The fourth-order valence-corrected chi connectivity index (χ4v) is 1.84. The quantitative estimate of drug-likeness (QED) is 0.611. The van der Waals surface area contributed by atoms with Crippen molar-refractivity contribution in [3.63, 3.8) is 0 Å². The Bertz CT molecular complexity index is 494. The molecule has 2 aromatic rings. The third-order valence-electron chi connectivity index (χ3n) is 1.96. The average molecular weight is 308 g/mol. The number of benzene rings is 1. The largest absolute Gasteiger partial charge is 0.453 e. The number of alkyl halides is 1. The van der Waals surface area contributed by atoms with Crippen LogP contribution in [0.25, 0.3) is 11.0 Å². The molecule has 2 rings (SSSR count). The van der Waals surface area contributed by atoms with E-state index in [2.05, 4.69) is 15.9 Å². The molecule has 0 aliphatic heterocycles. The molecule has 1 heterocycles. The van der Waals surface area contributed by atoms with Gasteiger partial charge in [0, 0.05) is 11.5 Å². The van der Waals surface area contributed by atoms with Gasteiger partial charge in [0.05, 0.1) is 15.4 Å². The second-order valence-corrected chi connectivity index (χ2v) is 4.35. The molecule has 0 fully saturated rings. The lowest BCUT2D eigenvalue weighted by Gasteiger charge is -1.93. The van der Waals surface area contributed by atoms with Crippen LogP contribution < -0.4 is 0 Å². The maximum Gasteiger partial charge on any atom is 0.208 e. The SMILES string of the molecule is O=C(CBr)c1cc2cc(Cl)c(Cl)cc2o1. The van der Waals surface area contributed by atoms with E-state index in [0.717, 1.165) is 5.39 Å². The highest BCUT2D eigenvalue weighted by molar-refractivity contribution is 9.09. The van der Waals surface area contributed by atoms with Gasteiger partial charge in [-0.05, 0) is 12.1 Å². The van der Waals surface area contributed by atoms with Gasteiger partial charge in [0.15, 0.2) is 5.76 Å². The van der Waals surface area contributed by atoms with Crippen molar-refractivity contribution < 1.29 is 9.21 Å². The number of furan rings is 1. The number of fused-ring (bicyclic) bond motifs is 1. The van der Waals surface area contributed by atoms with Crippen LogP contribution in [0.1, 0.15) is 10.6 Å². The van der Waals surface area contributed by atoms with Crippen molar-refractivity contribution in [2.24, 2.45) is 0 Å². The van der Waals surface area contributed by atoms with Crippen LogP contribution in [0.5, 0.6) is 0 Å². The minimum Gasteiger partial charge on any atom is -0.453 e. The first-order valence-corrected chi connectivity index (χ1v) is 5.97. The number of rotatable bonds is 2. The average Bonchev–Trinajstić information content (AvgIpc) is 2.60. The molecule has 2 nitrogen and oxygen atoms in total. The van der Waals surface area contributed by atoms with E-state index in [4.69, 9.17) is 27.6 Å². The fraction of sp³-hybridized carbons (Fsp3) is 0.100. The van der Waals surface area contributed by atoms with E-state index < -0.39 is 0 Å². The molecule has 0 saturated carbocycles. The van der Waals surface area contributed by atoms with Gasteiger partial charge in [0.25, 0.3) is 0 Å². The molecule has 1 aromatic heterocycles. The first-order valence-electron chi connectivity index (χ1n) is 4.09. The van der Waals surface area contributed by atoms with Crippen LogP contribution >= 0.6 is 39.1 Å². The van der Waals surface area contributed by atoms with E-state index in [1.807, 2.05) is 0 Å². The summed E-state index contributed by atoms with van der Waals surface area (Å²) in [7, 11) is 0. The summed E-state index contributed by atoms with van der Waals surface area (Å²) in [6, 6.07) is 4.93. The summed E-state index contributed by atoms with van der Waals surface area (Å²) in [6.45, 7) is 0. The predicted molar refractivity (Wildman–Crippen MR) is 64.4 cm³/mol. The Morgan fingerprint density at radius 1 is 1.27 bits per heavy atom. The standard InChI is InChI=1S/C10H5BrCl2O2/c11-4-8(14)10-2-5-1-6(12)7(13)3-9(5)15-10/h1-3H,4H2. The summed E-state index contributed by atoms with van der Waals surface area (Å²) in [5.74, 6) is 0.193. The monoisotopic (exact) mass is 306 g/mol. The molecule has 0 amide bonds. The summed E-state index contributed by atoms with van der Waals surface area (Å²) in [4.78, 5) is 11.3. The molecule has 0 N–H and O–H groups in total. The first kappa shape index (κ1) is 11.0. The number of carbonyl (C=O) groups is 1. The lowest BCUT2D eigenvalue weighted by atomic mass is 10.2. The second-order valence-electron chi connectivity index (χ2n) is 2.97. The number of hydrogen-bond donors (Lipinski definition) is 0. The van der Waals surface area contributed by atoms with Gasteiger partial charge in [0.2, 0.25) is 5.78 Å². The molecule has 0 atom stereocenters. The lowest BCUT2D eigenvalue weighted by molar-refractivity contribution is 0.0995. The summed E-state index contributed by atoms with van der Waals surface area (Å²) < 4.78 is 5.33. The maximum atomic E-state index is 11.3. The Kier molecular flexibility index (Phi) is 3.05. The summed E-state index contributed by atoms with van der Waals surface area (Å²) >= 11 is 14.7. The van der Waals surface area contributed by atoms with Crippen molar-refractivity contribution in [3.8, 4) is 0 Å². The zero-order valence-electron chi connectivity index (χ0n) is 7.39. The normalized spacial score (nSPS) is 10.9. The van der Waals surface area contributed by atoms with Crippen LogP contribution in [0.4, 0.5) is 0 Å². The van der Waals surface area contributed by atoms with Gasteiger partial charge in [-0.15, -0.1) is 0 Å². The fourth-order valence-electron chi connectivity index (χ4n) is 1.24. The molecule has 0 aliphatic rings. The Hall–Kier alpha value is -0.510. The van der Waals surface area contributed by atoms with Gasteiger partial charge in [-0.3, -0.25) is 4.79 Å². The van der Waals surface area contributed by atoms with E-state index in [9.17, 15) is 4.79 Å². The van der Waals surface area contributed by atoms with E-state index >= 15 is 0 Å². The molecule has 0 aliphatic carbocycles. The number of halogens is 3. The van der Waals surface area contributed by atoms with Crippen molar-refractivity contribution in [1.82, 2.24) is 0 Å². The van der Waals surface area contributed by atoms with Crippen LogP contribution in [0.3, 0.4) is 0 Å². The minimum atomic E-state index is -0.113. The van der Waals surface area contributed by atoms with Crippen molar-refractivity contribution in [2.75, 3.05) is 5.33 Å². The summed E-state index contributed by atoms with van der Waals surface area (Å²) in [6.07, 6.45) is 0. The van der Waals surface area contributed by atoms with Gasteiger partial charge >= 0.3 is 0 Å². The van der Waals surface area contributed by atoms with Crippen LogP contribution in [0.15, 0.2) is 22.6 Å². The third-order valence-corrected chi connectivity index (χ3v) is 3.19. The smallest absolute Gasteiger partial charge is 0.208 e. The highest BCUT2D eigenvalue weighted by atomic mass is 79.9. The zero-order valence-corrected chi connectivity index (χ0v) is 10.5. The van der Waals surface area contributed by atoms with Crippen LogP contribution in [0, 0.1) is 0 Å². The van der Waals surface area contributed by atoms with Crippen molar-refractivity contribution in [1.29, 1.82) is 0 Å². The van der Waals surface area contributed by atoms with E-state index in [1.165, 1.54) is 0 Å². The highest BCUT2D eigenvalue weighted by Gasteiger charge is 2.12. The molecular weight excluding hydrogens is 303 g/mol. The van der Waals surface area contributed by atoms with Crippen molar-refractivity contribution in [3.05, 3.63) is 34.0 Å². The van der Waals surface area contributed by atoms with E-state index in [1.54, 1.807) is 18.2 Å². The van der Waals surface area contributed by atoms with Gasteiger partial charge in [-0.2, -0.15) is 0 Å². The second kappa shape index (κ2) is 4.16. The molecule has 0 saturated heterocycles. The van der Waals surface area contributed by atoms with E-state index in [0.29, 0.717) is 21.4 Å².